The van der Waals surface area contributed by atoms with Gasteiger partial charge in [-0.15, -0.1) is 89.0 Å². The Kier molecular flexibility index (Phi) is 14.2. The maximum atomic E-state index is 10.8. The maximum Gasteiger partial charge on any atom is 3.00 e. The zero-order valence-electron chi connectivity index (χ0n) is 39.4. The standard InChI is InChI=1S/C67H42N5.Ir/c68-44-56-14-10-16-60(49-27-32-53(33-28-49)63-18-4-7-37-70-63)66(56)58-40-46(41-59(42-58)67-57(45-69)15-11-17-61(67)50-29-34-54(35-30-50)64-19-5-8-38-71-64)21-22-51-31-36-55(65-20-6-9-39-72-65)43-62(51)52-25-23-48(24-26-52)47-12-2-1-3-13-47;/h1-20,23-32,34,37-43H,21-22H2;/q-3;+3. The number of hydrogen-bond acceptors (Lipinski definition) is 5. The minimum absolute atomic E-state index is 0. The van der Waals surface area contributed by atoms with Crippen molar-refractivity contribution in [3.05, 3.63) is 271 Å². The quantitative estimate of drug-likeness (QED) is 0.114. The van der Waals surface area contributed by atoms with Gasteiger partial charge < -0.3 is 15.0 Å². The number of nitrogens with zero attached hydrogens (tertiary/aromatic N) is 5. The molecule has 0 saturated heterocycles. The molecule has 11 rings (SSSR count). The molecular formula is C67H42IrN5. The number of aryl methyl sites for hydroxylation is 2. The Bertz CT molecular complexity index is 3610. The summed E-state index contributed by atoms with van der Waals surface area (Å²) in [7, 11) is 0. The zero-order chi connectivity index (χ0) is 48.6. The van der Waals surface area contributed by atoms with Crippen LogP contribution in [-0.4, -0.2) is 15.0 Å². The van der Waals surface area contributed by atoms with E-state index in [0.29, 0.717) is 24.0 Å². The van der Waals surface area contributed by atoms with Gasteiger partial charge in [-0.05, 0) is 104 Å². The first-order valence-corrected chi connectivity index (χ1v) is 23.8. The molecular weight excluding hydrogens is 1070 g/mol. The van der Waals surface area contributed by atoms with Gasteiger partial charge in [0.1, 0.15) is 0 Å². The molecule has 6 heteroatoms. The van der Waals surface area contributed by atoms with Gasteiger partial charge in [-0.25, -0.2) is 0 Å². The first kappa shape index (κ1) is 47.5. The van der Waals surface area contributed by atoms with Gasteiger partial charge in [-0.1, -0.05) is 162 Å². The molecule has 8 aromatic carbocycles. The Morgan fingerprint density at radius 1 is 0.356 bits per heavy atom. The maximum absolute atomic E-state index is 10.8. The van der Waals surface area contributed by atoms with Gasteiger partial charge in [0.15, 0.2) is 0 Å². The van der Waals surface area contributed by atoms with E-state index in [1.54, 1.807) is 12.4 Å². The molecule has 0 aliphatic heterocycles. The molecule has 344 valence electrons. The van der Waals surface area contributed by atoms with Gasteiger partial charge in [0, 0.05) is 18.6 Å². The van der Waals surface area contributed by atoms with Crippen molar-refractivity contribution in [2.45, 2.75) is 12.8 Å². The smallest absolute Gasteiger partial charge is 0.305 e. The third-order valence-corrected chi connectivity index (χ3v) is 13.0. The predicted molar refractivity (Wildman–Crippen MR) is 289 cm³/mol. The first-order valence-electron chi connectivity index (χ1n) is 23.8. The molecule has 0 spiro atoms. The molecule has 0 amide bonds. The molecule has 73 heavy (non-hydrogen) atoms. The zero-order valence-corrected chi connectivity index (χ0v) is 41.8. The number of aromatic nitrogens is 3. The summed E-state index contributed by atoms with van der Waals surface area (Å²) in [5.74, 6) is 0. The van der Waals surface area contributed by atoms with Crippen LogP contribution in [-0.2, 0) is 32.9 Å². The Morgan fingerprint density at radius 2 is 0.822 bits per heavy atom. The van der Waals surface area contributed by atoms with E-state index < -0.39 is 0 Å². The van der Waals surface area contributed by atoms with E-state index in [0.717, 1.165) is 112 Å². The summed E-state index contributed by atoms with van der Waals surface area (Å²) in [6, 6.07) is 87.1. The molecule has 3 heterocycles. The van der Waals surface area contributed by atoms with Crippen LogP contribution in [0.15, 0.2) is 231 Å². The minimum Gasteiger partial charge on any atom is -0.305 e. The van der Waals surface area contributed by atoms with Crippen molar-refractivity contribution >= 4 is 0 Å². The van der Waals surface area contributed by atoms with E-state index in [4.69, 9.17) is 0 Å². The summed E-state index contributed by atoms with van der Waals surface area (Å²) in [6.07, 6.45) is 6.71. The average molecular weight is 1110 g/mol. The van der Waals surface area contributed by atoms with Gasteiger partial charge in [0.05, 0.1) is 23.3 Å². The van der Waals surface area contributed by atoms with Gasteiger partial charge in [0.2, 0.25) is 0 Å². The summed E-state index contributed by atoms with van der Waals surface area (Å²) < 4.78 is 0. The van der Waals surface area contributed by atoms with E-state index in [2.05, 4.69) is 148 Å². The summed E-state index contributed by atoms with van der Waals surface area (Å²) >= 11 is 0. The fourth-order valence-electron chi connectivity index (χ4n) is 9.49. The van der Waals surface area contributed by atoms with Crippen LogP contribution < -0.4 is 0 Å². The van der Waals surface area contributed by atoms with Crippen molar-refractivity contribution in [1.82, 2.24) is 15.0 Å². The van der Waals surface area contributed by atoms with Crippen LogP contribution in [0.2, 0.25) is 0 Å². The van der Waals surface area contributed by atoms with Crippen LogP contribution in [0.4, 0.5) is 0 Å². The molecule has 5 nitrogen and oxygen atoms in total. The third kappa shape index (κ3) is 10.2. The van der Waals surface area contributed by atoms with Crippen molar-refractivity contribution < 1.29 is 20.1 Å². The van der Waals surface area contributed by atoms with Crippen molar-refractivity contribution in [3.63, 3.8) is 0 Å². The fraction of sp³-hybridized carbons (Fsp3) is 0.0299. The Balaban J connectivity index is 0.00000611. The van der Waals surface area contributed by atoms with Gasteiger partial charge in [-0.2, -0.15) is 10.5 Å². The van der Waals surface area contributed by atoms with E-state index in [-0.39, 0.29) is 20.1 Å². The van der Waals surface area contributed by atoms with E-state index >= 15 is 0 Å². The van der Waals surface area contributed by atoms with Crippen LogP contribution in [0.3, 0.4) is 0 Å². The third-order valence-electron chi connectivity index (χ3n) is 13.0. The number of benzene rings is 8. The minimum atomic E-state index is 0. The number of pyridine rings is 3. The van der Waals surface area contributed by atoms with Crippen molar-refractivity contribution in [3.8, 4) is 113 Å². The number of nitriles is 2. The summed E-state index contributed by atoms with van der Waals surface area (Å²) in [4.78, 5) is 13.8. The van der Waals surface area contributed by atoms with Gasteiger partial charge in [0.25, 0.3) is 0 Å². The van der Waals surface area contributed by atoms with Crippen LogP contribution in [0.25, 0.3) is 101 Å². The van der Waals surface area contributed by atoms with Crippen LogP contribution in [0.5, 0.6) is 0 Å². The van der Waals surface area contributed by atoms with Gasteiger partial charge >= 0.3 is 20.1 Å². The molecule has 0 unspecified atom stereocenters. The van der Waals surface area contributed by atoms with Gasteiger partial charge in [-0.3, -0.25) is 0 Å². The molecule has 0 saturated carbocycles. The average Bonchev–Trinajstić information content (AvgIpc) is 3.47. The second kappa shape index (κ2) is 21.9. The van der Waals surface area contributed by atoms with Crippen LogP contribution in [0.1, 0.15) is 22.3 Å². The largest absolute Gasteiger partial charge is 3.00 e. The summed E-state index contributed by atoms with van der Waals surface area (Å²) in [5, 5.41) is 21.7. The Hall–Kier alpha value is -9.16. The Morgan fingerprint density at radius 3 is 1.30 bits per heavy atom. The molecule has 0 aliphatic rings. The van der Waals surface area contributed by atoms with Crippen LogP contribution in [0, 0.1) is 40.9 Å². The molecule has 0 aliphatic carbocycles. The normalized spacial score (nSPS) is 10.7. The SMILES string of the molecule is N#Cc1cccc(-c2c[c-]c(-c3ccccn3)cc2)c1-c1cc(CCc2c[c-]c(-c3ccccn3)cc2-c2ccc(-c3ccccc3)cc2)cc(-c2c(C#N)cccc2-c2c[c-]c(-c3ccccn3)cc2)c1.[Ir+3]. The number of hydrogen-bond donors (Lipinski definition) is 0. The molecule has 0 radical (unpaired) electrons. The first-order chi connectivity index (χ1) is 35.6. The monoisotopic (exact) mass is 1110 g/mol. The molecule has 0 N–H and O–H groups in total. The van der Waals surface area contributed by atoms with Crippen molar-refractivity contribution in [1.29, 1.82) is 10.5 Å². The fourth-order valence-corrected chi connectivity index (χ4v) is 9.49. The van der Waals surface area contributed by atoms with Crippen molar-refractivity contribution in [2.24, 2.45) is 0 Å². The van der Waals surface area contributed by atoms with Crippen LogP contribution >= 0.6 is 0 Å². The second-order valence-corrected chi connectivity index (χ2v) is 17.5. The van der Waals surface area contributed by atoms with E-state index in [1.807, 2.05) is 115 Å². The van der Waals surface area contributed by atoms with Crippen molar-refractivity contribution in [2.75, 3.05) is 0 Å². The summed E-state index contributed by atoms with van der Waals surface area (Å²) in [5.41, 5.74) is 20.0. The van der Waals surface area contributed by atoms with E-state index in [1.165, 1.54) is 0 Å². The number of rotatable bonds is 12. The summed E-state index contributed by atoms with van der Waals surface area (Å²) in [6.45, 7) is 0. The Labute approximate surface area is 439 Å². The molecule has 0 fully saturated rings. The topological polar surface area (TPSA) is 86.2 Å². The molecule has 0 atom stereocenters. The predicted octanol–water partition coefficient (Wildman–Crippen LogP) is 15.8. The molecule has 11 aromatic rings. The molecule has 0 bridgehead atoms. The second-order valence-electron chi connectivity index (χ2n) is 17.5. The van der Waals surface area contributed by atoms with E-state index in [9.17, 15) is 10.5 Å². The molecule has 3 aromatic heterocycles.